The van der Waals surface area contributed by atoms with Crippen molar-refractivity contribution in [2.24, 2.45) is 5.73 Å². The van der Waals surface area contributed by atoms with Gasteiger partial charge in [0.1, 0.15) is 6.61 Å². The number of halogens is 1. The van der Waals surface area contributed by atoms with Gasteiger partial charge in [0.15, 0.2) is 17.4 Å². The molecule has 2 amide bonds. The number of nitrogens with zero attached hydrogens (tertiary/aromatic N) is 3. The molecule has 2 aromatic carbocycles. The molecule has 0 atom stereocenters. The molecule has 0 aliphatic heterocycles. The maximum Gasteiger partial charge on any atom is 0.248 e. The standard InChI is InChI=1S/C18H17FN6O3S/c19-13-3-1-2-4-14(13)28-9-15-23-24-18(25(15)21)29-10-16(26)22-12-7-5-11(6-8-12)17(20)27/h1-8H,9-10,21H2,(H2,20,27)(H,22,26). The molecular weight excluding hydrogens is 399 g/mol. The number of anilines is 1. The second-order valence-electron chi connectivity index (χ2n) is 5.77. The summed E-state index contributed by atoms with van der Waals surface area (Å²) in [4.78, 5) is 23.1. The van der Waals surface area contributed by atoms with Crippen LogP contribution in [0.3, 0.4) is 0 Å². The van der Waals surface area contributed by atoms with E-state index in [-0.39, 0.29) is 29.8 Å². The van der Waals surface area contributed by atoms with Crippen molar-refractivity contribution >= 4 is 29.3 Å². The van der Waals surface area contributed by atoms with Crippen molar-refractivity contribution < 1.29 is 18.7 Å². The number of nitrogens with one attached hydrogen (secondary N) is 1. The highest BCUT2D eigenvalue weighted by Gasteiger charge is 2.14. The van der Waals surface area contributed by atoms with Gasteiger partial charge in [-0.1, -0.05) is 23.9 Å². The van der Waals surface area contributed by atoms with Crippen molar-refractivity contribution in [1.29, 1.82) is 0 Å². The summed E-state index contributed by atoms with van der Waals surface area (Å²) < 4.78 is 20.1. The Bertz CT molecular complexity index is 1020. The van der Waals surface area contributed by atoms with Crippen LogP contribution >= 0.6 is 11.8 Å². The number of hydrogen-bond donors (Lipinski definition) is 3. The largest absolute Gasteiger partial charge is 0.482 e. The number of amides is 2. The molecule has 0 radical (unpaired) electrons. The molecule has 1 heterocycles. The summed E-state index contributed by atoms with van der Waals surface area (Å²) in [6.45, 7) is -0.0800. The molecule has 1 aromatic heterocycles. The third-order valence-electron chi connectivity index (χ3n) is 3.71. The molecule has 0 saturated heterocycles. The van der Waals surface area contributed by atoms with Gasteiger partial charge in [0, 0.05) is 11.3 Å². The summed E-state index contributed by atoms with van der Waals surface area (Å²) in [6, 6.07) is 12.2. The minimum absolute atomic E-state index is 0.0288. The van der Waals surface area contributed by atoms with Gasteiger partial charge >= 0.3 is 0 Å². The maximum absolute atomic E-state index is 13.6. The van der Waals surface area contributed by atoms with E-state index in [1.54, 1.807) is 24.3 Å². The number of aromatic nitrogens is 3. The number of thioether (sulfide) groups is 1. The highest BCUT2D eigenvalue weighted by molar-refractivity contribution is 7.99. The second-order valence-corrected chi connectivity index (χ2v) is 6.71. The maximum atomic E-state index is 13.6. The Hall–Kier alpha value is -3.60. The highest BCUT2D eigenvalue weighted by atomic mass is 32.2. The van der Waals surface area contributed by atoms with Crippen molar-refractivity contribution in [2.45, 2.75) is 11.8 Å². The lowest BCUT2D eigenvalue weighted by Crippen LogP contribution is -2.18. The van der Waals surface area contributed by atoms with Gasteiger partial charge < -0.3 is 21.6 Å². The monoisotopic (exact) mass is 416 g/mol. The van der Waals surface area contributed by atoms with Crippen LogP contribution in [0.5, 0.6) is 5.75 Å². The number of carbonyl (C=O) groups excluding carboxylic acids is 2. The van der Waals surface area contributed by atoms with E-state index in [1.165, 1.54) is 28.9 Å². The van der Waals surface area contributed by atoms with Gasteiger partial charge in [-0.25, -0.2) is 9.07 Å². The fourth-order valence-corrected chi connectivity index (χ4v) is 2.93. The van der Waals surface area contributed by atoms with Gasteiger partial charge in [-0.2, -0.15) is 0 Å². The summed E-state index contributed by atoms with van der Waals surface area (Å²) in [5.74, 6) is 4.95. The Kier molecular flexibility index (Phi) is 6.29. The molecule has 3 rings (SSSR count). The first kappa shape index (κ1) is 20.1. The predicted octanol–water partition coefficient (Wildman–Crippen LogP) is 1.54. The number of benzene rings is 2. The van der Waals surface area contributed by atoms with E-state index in [4.69, 9.17) is 16.3 Å². The van der Waals surface area contributed by atoms with E-state index in [9.17, 15) is 14.0 Å². The zero-order chi connectivity index (χ0) is 20.8. The lowest BCUT2D eigenvalue weighted by Gasteiger charge is -2.07. The molecule has 0 spiro atoms. The van der Waals surface area contributed by atoms with Crippen molar-refractivity contribution in [3.63, 3.8) is 0 Å². The molecular formula is C18H17FN6O3S. The first-order valence-corrected chi connectivity index (χ1v) is 9.32. The molecule has 150 valence electrons. The quantitative estimate of drug-likeness (QED) is 0.374. The molecule has 11 heteroatoms. The minimum atomic E-state index is -0.546. The van der Waals surface area contributed by atoms with Crippen LogP contribution in [0, 0.1) is 5.82 Å². The summed E-state index contributed by atoms with van der Waals surface area (Å²) >= 11 is 1.08. The topological polar surface area (TPSA) is 138 Å². The van der Waals surface area contributed by atoms with Crippen LogP contribution in [-0.4, -0.2) is 32.4 Å². The first-order chi connectivity index (χ1) is 13.9. The lowest BCUT2D eigenvalue weighted by atomic mass is 10.2. The van der Waals surface area contributed by atoms with Crippen LogP contribution in [0.2, 0.25) is 0 Å². The summed E-state index contributed by atoms with van der Waals surface area (Å²) in [5, 5.41) is 10.8. The van der Waals surface area contributed by atoms with Crippen molar-refractivity contribution in [3.05, 3.63) is 65.7 Å². The first-order valence-electron chi connectivity index (χ1n) is 8.33. The Morgan fingerprint density at radius 2 is 1.86 bits per heavy atom. The molecule has 0 fully saturated rings. The third-order valence-corrected chi connectivity index (χ3v) is 4.66. The van der Waals surface area contributed by atoms with Crippen molar-refractivity contribution in [2.75, 3.05) is 16.9 Å². The predicted molar refractivity (Wildman–Crippen MR) is 105 cm³/mol. The Labute approximate surface area is 169 Å². The number of hydrogen-bond acceptors (Lipinski definition) is 7. The normalized spacial score (nSPS) is 10.5. The zero-order valence-electron chi connectivity index (χ0n) is 15.0. The van der Waals surface area contributed by atoms with E-state index < -0.39 is 11.7 Å². The van der Waals surface area contributed by atoms with Gasteiger partial charge in [0.2, 0.25) is 17.0 Å². The molecule has 29 heavy (non-hydrogen) atoms. The van der Waals surface area contributed by atoms with Crippen LogP contribution < -0.4 is 21.6 Å². The van der Waals surface area contributed by atoms with Crippen molar-refractivity contribution in [3.8, 4) is 5.75 Å². The fraction of sp³-hybridized carbons (Fsp3) is 0.111. The van der Waals surface area contributed by atoms with E-state index in [2.05, 4.69) is 15.5 Å². The summed E-state index contributed by atoms with van der Waals surface area (Å²) in [7, 11) is 0. The number of nitrogen functional groups attached to an aromatic ring is 1. The molecule has 0 saturated carbocycles. The Morgan fingerprint density at radius 1 is 1.14 bits per heavy atom. The minimum Gasteiger partial charge on any atom is -0.482 e. The lowest BCUT2D eigenvalue weighted by molar-refractivity contribution is -0.113. The molecule has 0 aliphatic rings. The van der Waals surface area contributed by atoms with Crippen LogP contribution in [-0.2, 0) is 11.4 Å². The fourth-order valence-electron chi connectivity index (χ4n) is 2.25. The number of carbonyl (C=O) groups is 2. The molecule has 0 unspecified atom stereocenters. The number of rotatable bonds is 8. The van der Waals surface area contributed by atoms with Gasteiger partial charge in [0.05, 0.1) is 5.75 Å². The van der Waals surface area contributed by atoms with Crippen LogP contribution in [0.1, 0.15) is 16.2 Å². The summed E-state index contributed by atoms with van der Waals surface area (Å²) in [5.41, 5.74) is 6.04. The second kappa shape index (κ2) is 9.06. The molecule has 9 nitrogen and oxygen atoms in total. The Morgan fingerprint density at radius 3 is 2.55 bits per heavy atom. The van der Waals surface area contributed by atoms with Crippen LogP contribution in [0.15, 0.2) is 53.7 Å². The highest BCUT2D eigenvalue weighted by Crippen LogP contribution is 2.19. The van der Waals surface area contributed by atoms with Gasteiger partial charge in [0.25, 0.3) is 0 Å². The number of nitrogens with two attached hydrogens (primary N) is 2. The number of primary amides is 1. The smallest absolute Gasteiger partial charge is 0.248 e. The molecule has 0 aliphatic carbocycles. The van der Waals surface area contributed by atoms with Crippen LogP contribution in [0.4, 0.5) is 10.1 Å². The third kappa shape index (κ3) is 5.23. The van der Waals surface area contributed by atoms with Gasteiger partial charge in [-0.15, -0.1) is 10.2 Å². The van der Waals surface area contributed by atoms with Crippen molar-refractivity contribution in [1.82, 2.24) is 14.9 Å². The number of para-hydroxylation sites is 1. The van der Waals surface area contributed by atoms with E-state index in [0.717, 1.165) is 11.8 Å². The molecule has 0 bridgehead atoms. The van der Waals surface area contributed by atoms with E-state index in [0.29, 0.717) is 16.4 Å². The molecule has 5 N–H and O–H groups in total. The zero-order valence-corrected chi connectivity index (χ0v) is 15.9. The SMILES string of the molecule is NC(=O)c1ccc(NC(=O)CSc2nnc(COc3ccccc3F)n2N)cc1. The number of ether oxygens (including phenoxy) is 1. The molecule has 3 aromatic rings. The summed E-state index contributed by atoms with van der Waals surface area (Å²) in [6.07, 6.45) is 0. The van der Waals surface area contributed by atoms with Gasteiger partial charge in [-0.3, -0.25) is 9.59 Å². The average Bonchev–Trinajstić information content (AvgIpc) is 3.06. The Balaban J connectivity index is 1.52. The average molecular weight is 416 g/mol. The van der Waals surface area contributed by atoms with E-state index in [1.807, 2.05) is 0 Å². The van der Waals surface area contributed by atoms with Gasteiger partial charge in [-0.05, 0) is 36.4 Å². The van der Waals surface area contributed by atoms with Crippen LogP contribution in [0.25, 0.3) is 0 Å². The van der Waals surface area contributed by atoms with E-state index >= 15 is 0 Å².